The number of fused-ring (bicyclic) bond motifs is 3. The summed E-state index contributed by atoms with van der Waals surface area (Å²) in [6.45, 7) is 7.00. The fourth-order valence-electron chi connectivity index (χ4n) is 4.74. The Balaban J connectivity index is 0.000000181. The molecule has 0 saturated heterocycles. The molecule has 3 nitrogen and oxygen atoms in total. The molecule has 7 rings (SSSR count). The molecular formula is C37H30IrN2OSi-2. The van der Waals surface area contributed by atoms with Gasteiger partial charge in [0.15, 0.2) is 0 Å². The Morgan fingerprint density at radius 3 is 2.10 bits per heavy atom. The number of benzene rings is 4. The maximum Gasteiger partial charge on any atom is 0.124 e. The van der Waals surface area contributed by atoms with Gasteiger partial charge < -0.3 is 14.4 Å². The normalized spacial score (nSPS) is 11.0. The fraction of sp³-hybridized carbons (Fsp3) is 0.0811. The minimum Gasteiger partial charge on any atom is -0.477 e. The number of furan rings is 1. The van der Waals surface area contributed by atoms with Crippen LogP contribution in [0.2, 0.25) is 19.6 Å². The van der Waals surface area contributed by atoms with Gasteiger partial charge in [0.2, 0.25) is 0 Å². The van der Waals surface area contributed by atoms with Crippen LogP contribution in [0.25, 0.3) is 55.6 Å². The zero-order valence-corrected chi connectivity index (χ0v) is 27.2. The van der Waals surface area contributed by atoms with Crippen LogP contribution in [0.15, 0.2) is 132 Å². The molecule has 0 bridgehead atoms. The SMILES string of the molecule is C[Si](C)(C)c1ccc(-c2[c-]cccc2)nc1.[Ir].[c-]1c(-c2ccccn2)ccc2c1oc1cc(-c3ccccc3)ccc12. The average Bonchev–Trinajstić information content (AvgIpc) is 3.39. The Labute approximate surface area is 261 Å². The van der Waals surface area contributed by atoms with E-state index in [0.717, 1.165) is 50.0 Å². The molecule has 1 radical (unpaired) electrons. The van der Waals surface area contributed by atoms with Crippen LogP contribution in [0.3, 0.4) is 0 Å². The first-order valence-corrected chi connectivity index (χ1v) is 17.2. The standard InChI is InChI=1S/C23H14NO.C14H16NSi.Ir/c1-2-6-16(7-3-1)17-9-11-19-20-12-10-18(21-8-4-5-13-24-21)15-23(20)25-22(19)14-17;1-16(2,3)13-9-10-14(15-11-13)12-7-5-4-6-8-12;/h1-14H;4-7,9-11H,1-3H3;/q2*-1;. The first-order valence-electron chi connectivity index (χ1n) is 13.7. The van der Waals surface area contributed by atoms with Crippen LogP contribution < -0.4 is 5.19 Å². The van der Waals surface area contributed by atoms with E-state index in [2.05, 4.69) is 90.3 Å². The van der Waals surface area contributed by atoms with Gasteiger partial charge in [-0.15, -0.1) is 53.6 Å². The van der Waals surface area contributed by atoms with Crippen LogP contribution in [0.5, 0.6) is 0 Å². The van der Waals surface area contributed by atoms with Crippen molar-refractivity contribution in [3.8, 4) is 33.6 Å². The van der Waals surface area contributed by atoms with E-state index >= 15 is 0 Å². The van der Waals surface area contributed by atoms with Gasteiger partial charge in [-0.25, -0.2) is 0 Å². The number of aromatic nitrogens is 2. The second-order valence-corrected chi connectivity index (χ2v) is 16.0. The molecule has 0 atom stereocenters. The number of nitrogens with zero attached hydrogens (tertiary/aromatic N) is 2. The van der Waals surface area contributed by atoms with Crippen molar-refractivity contribution in [1.82, 2.24) is 9.97 Å². The van der Waals surface area contributed by atoms with E-state index in [0.29, 0.717) is 0 Å². The van der Waals surface area contributed by atoms with E-state index in [1.54, 1.807) is 6.20 Å². The Morgan fingerprint density at radius 2 is 1.40 bits per heavy atom. The number of hydrogen-bond acceptors (Lipinski definition) is 3. The number of hydrogen-bond donors (Lipinski definition) is 0. The van der Waals surface area contributed by atoms with Crippen LogP contribution in [0, 0.1) is 12.1 Å². The van der Waals surface area contributed by atoms with Crippen molar-refractivity contribution in [2.24, 2.45) is 0 Å². The second-order valence-electron chi connectivity index (χ2n) is 11.0. The van der Waals surface area contributed by atoms with Gasteiger partial charge in [0, 0.05) is 32.5 Å². The van der Waals surface area contributed by atoms with Gasteiger partial charge in [0.1, 0.15) is 5.58 Å². The molecule has 0 saturated carbocycles. The molecule has 5 heteroatoms. The van der Waals surface area contributed by atoms with Crippen LogP contribution in [-0.2, 0) is 20.1 Å². The molecule has 0 amide bonds. The predicted molar refractivity (Wildman–Crippen MR) is 173 cm³/mol. The van der Waals surface area contributed by atoms with Crippen molar-refractivity contribution in [2.45, 2.75) is 19.6 Å². The van der Waals surface area contributed by atoms with E-state index in [4.69, 9.17) is 4.42 Å². The zero-order chi connectivity index (χ0) is 28.2. The summed E-state index contributed by atoms with van der Waals surface area (Å²) in [4.78, 5) is 8.91. The van der Waals surface area contributed by atoms with Crippen molar-refractivity contribution in [3.05, 3.63) is 140 Å². The maximum absolute atomic E-state index is 6.09. The smallest absolute Gasteiger partial charge is 0.124 e. The maximum atomic E-state index is 6.09. The molecule has 0 aliphatic carbocycles. The minimum atomic E-state index is -1.23. The van der Waals surface area contributed by atoms with Crippen LogP contribution in [0.4, 0.5) is 0 Å². The molecule has 7 aromatic rings. The third kappa shape index (κ3) is 6.50. The van der Waals surface area contributed by atoms with Crippen LogP contribution in [-0.4, -0.2) is 18.0 Å². The summed E-state index contributed by atoms with van der Waals surface area (Å²) in [5, 5.41) is 3.58. The van der Waals surface area contributed by atoms with Crippen molar-refractivity contribution in [3.63, 3.8) is 0 Å². The summed E-state index contributed by atoms with van der Waals surface area (Å²) in [6, 6.07) is 45.5. The summed E-state index contributed by atoms with van der Waals surface area (Å²) < 4.78 is 6.09. The van der Waals surface area contributed by atoms with Gasteiger partial charge in [-0.3, -0.25) is 0 Å². The molecule has 0 unspecified atom stereocenters. The largest absolute Gasteiger partial charge is 0.477 e. The van der Waals surface area contributed by atoms with Gasteiger partial charge in [-0.05, 0) is 45.2 Å². The molecule has 209 valence electrons. The monoisotopic (exact) mass is 739 g/mol. The molecular weight excluding hydrogens is 709 g/mol. The summed E-state index contributed by atoms with van der Waals surface area (Å²) in [6.07, 6.45) is 3.81. The van der Waals surface area contributed by atoms with Crippen molar-refractivity contribution >= 4 is 35.2 Å². The van der Waals surface area contributed by atoms with E-state index in [1.807, 2.05) is 72.9 Å². The molecule has 0 aliphatic rings. The molecule has 42 heavy (non-hydrogen) atoms. The number of rotatable bonds is 4. The average molecular weight is 739 g/mol. The molecule has 0 N–H and O–H groups in total. The Bertz CT molecular complexity index is 1800. The summed E-state index contributed by atoms with van der Waals surface area (Å²) in [5.41, 5.74) is 7.88. The Morgan fingerprint density at radius 1 is 0.643 bits per heavy atom. The fourth-order valence-corrected chi connectivity index (χ4v) is 5.77. The van der Waals surface area contributed by atoms with Gasteiger partial charge >= 0.3 is 0 Å². The number of pyridine rings is 2. The first kappa shape index (κ1) is 29.3. The predicted octanol–water partition coefficient (Wildman–Crippen LogP) is 9.21. The van der Waals surface area contributed by atoms with E-state index < -0.39 is 8.07 Å². The topological polar surface area (TPSA) is 38.9 Å². The quantitative estimate of drug-likeness (QED) is 0.134. The Hall–Kier alpha value is -4.15. The van der Waals surface area contributed by atoms with E-state index in [1.165, 1.54) is 10.8 Å². The van der Waals surface area contributed by atoms with E-state index in [-0.39, 0.29) is 20.1 Å². The van der Waals surface area contributed by atoms with Gasteiger partial charge in [-0.2, -0.15) is 0 Å². The third-order valence-electron chi connectivity index (χ3n) is 7.06. The summed E-state index contributed by atoms with van der Waals surface area (Å²) >= 11 is 0. The van der Waals surface area contributed by atoms with Crippen molar-refractivity contribution in [1.29, 1.82) is 0 Å². The molecule has 0 fully saturated rings. The summed E-state index contributed by atoms with van der Waals surface area (Å²) in [7, 11) is -1.23. The first-order chi connectivity index (χ1) is 20.0. The minimum absolute atomic E-state index is 0. The molecule has 3 heterocycles. The van der Waals surface area contributed by atoms with E-state index in [9.17, 15) is 0 Å². The molecule has 0 aliphatic heterocycles. The molecule has 0 spiro atoms. The van der Waals surface area contributed by atoms with Crippen LogP contribution >= 0.6 is 0 Å². The zero-order valence-electron chi connectivity index (χ0n) is 23.8. The van der Waals surface area contributed by atoms with Gasteiger partial charge in [0.25, 0.3) is 0 Å². The van der Waals surface area contributed by atoms with Gasteiger partial charge in [-0.1, -0.05) is 97.8 Å². The molecule has 3 aromatic heterocycles. The molecule has 4 aromatic carbocycles. The summed E-state index contributed by atoms with van der Waals surface area (Å²) in [5.74, 6) is 0. The Kier molecular flexibility index (Phi) is 8.93. The van der Waals surface area contributed by atoms with Crippen molar-refractivity contribution in [2.75, 3.05) is 0 Å². The van der Waals surface area contributed by atoms with Gasteiger partial charge in [0.05, 0.1) is 13.7 Å². The second kappa shape index (κ2) is 12.8. The van der Waals surface area contributed by atoms with Crippen molar-refractivity contribution < 1.29 is 24.5 Å². The third-order valence-corrected chi connectivity index (χ3v) is 9.08. The van der Waals surface area contributed by atoms with Crippen LogP contribution in [0.1, 0.15) is 0 Å².